The van der Waals surface area contributed by atoms with Crippen LogP contribution in [0.5, 0.6) is 5.75 Å². The van der Waals surface area contributed by atoms with Gasteiger partial charge in [-0.05, 0) is 43.2 Å². The van der Waals surface area contributed by atoms with Crippen LogP contribution in [0.15, 0.2) is 55.3 Å². The van der Waals surface area contributed by atoms with Gasteiger partial charge in [0, 0.05) is 31.1 Å². The maximum Gasteiger partial charge on any atom is 0.342 e. The molecule has 0 N–H and O–H groups in total. The van der Waals surface area contributed by atoms with E-state index >= 15 is 0 Å². The van der Waals surface area contributed by atoms with Gasteiger partial charge in [0.25, 0.3) is 5.91 Å². The van der Waals surface area contributed by atoms with Crippen LogP contribution in [0.2, 0.25) is 0 Å². The minimum absolute atomic E-state index is 0.254. The van der Waals surface area contributed by atoms with Crippen LogP contribution in [-0.2, 0) is 10.4 Å². The van der Waals surface area contributed by atoms with E-state index in [-0.39, 0.29) is 12.1 Å². The molecule has 0 radical (unpaired) electrons. The zero-order valence-corrected chi connectivity index (χ0v) is 14.8. The number of ether oxygens (including phenoxy) is 1. The first-order chi connectivity index (χ1) is 13.0. The van der Waals surface area contributed by atoms with Crippen LogP contribution in [0.25, 0.3) is 5.69 Å². The number of nitrogens with zero attached hydrogens (tertiary/aromatic N) is 2. The predicted molar refractivity (Wildman–Crippen MR) is 96.1 cm³/mol. The quantitative estimate of drug-likeness (QED) is 0.748. The fourth-order valence-corrected chi connectivity index (χ4v) is 5.06. The van der Waals surface area contributed by atoms with Crippen molar-refractivity contribution >= 4 is 5.91 Å². The molecule has 3 aliphatic rings. The zero-order valence-electron chi connectivity index (χ0n) is 14.8. The minimum Gasteiger partial charge on any atom is -0.479 e. The van der Waals surface area contributed by atoms with E-state index in [1.165, 1.54) is 4.90 Å². The Morgan fingerprint density at radius 2 is 1.89 bits per heavy atom. The van der Waals surface area contributed by atoms with Crippen molar-refractivity contribution < 1.29 is 18.3 Å². The van der Waals surface area contributed by atoms with E-state index in [4.69, 9.17) is 4.74 Å². The van der Waals surface area contributed by atoms with E-state index in [9.17, 15) is 13.6 Å². The predicted octanol–water partition coefficient (Wildman–Crippen LogP) is 4.04. The molecule has 1 amide bonds. The number of benzene rings is 1. The molecular weight excluding hydrogens is 350 g/mol. The molecule has 2 bridgehead atoms. The van der Waals surface area contributed by atoms with Crippen LogP contribution in [0.1, 0.15) is 31.4 Å². The third kappa shape index (κ3) is 2.22. The monoisotopic (exact) mass is 370 g/mol. The Labute approximate surface area is 156 Å². The average Bonchev–Trinajstić information content (AvgIpc) is 3.26. The second-order valence-electron chi connectivity index (χ2n) is 7.66. The molecule has 2 aromatic rings. The van der Waals surface area contributed by atoms with E-state index in [0.29, 0.717) is 18.9 Å². The Morgan fingerprint density at radius 3 is 2.59 bits per heavy atom. The molecule has 2 atom stereocenters. The molecule has 0 saturated carbocycles. The Kier molecular flexibility index (Phi) is 3.33. The molecule has 1 spiro atoms. The van der Waals surface area contributed by atoms with Crippen molar-refractivity contribution in [2.75, 3.05) is 0 Å². The van der Waals surface area contributed by atoms with Gasteiger partial charge in [-0.3, -0.25) is 4.79 Å². The van der Waals surface area contributed by atoms with E-state index in [1.807, 2.05) is 42.6 Å². The van der Waals surface area contributed by atoms with E-state index in [2.05, 4.69) is 11.1 Å². The summed E-state index contributed by atoms with van der Waals surface area (Å²) in [5, 5.41) is 0. The van der Waals surface area contributed by atoms with Crippen molar-refractivity contribution in [2.24, 2.45) is 0 Å². The van der Waals surface area contributed by atoms with Gasteiger partial charge >= 0.3 is 5.92 Å². The highest BCUT2D eigenvalue weighted by molar-refractivity contribution is 5.86. The highest BCUT2D eigenvalue weighted by atomic mass is 19.3. The van der Waals surface area contributed by atoms with Gasteiger partial charge in [-0.1, -0.05) is 18.7 Å². The number of halogens is 2. The molecule has 4 heterocycles. The molecule has 4 nitrogen and oxygen atoms in total. The summed E-state index contributed by atoms with van der Waals surface area (Å²) in [6.07, 6.45) is 4.91. The number of rotatable bonds is 2. The number of hydrogen-bond acceptors (Lipinski definition) is 2. The molecule has 2 unspecified atom stereocenters. The third-order valence-corrected chi connectivity index (χ3v) is 6.17. The van der Waals surface area contributed by atoms with Crippen molar-refractivity contribution in [1.82, 2.24) is 9.47 Å². The normalized spacial score (nSPS) is 28.4. The Hall–Kier alpha value is -2.63. The van der Waals surface area contributed by atoms with Gasteiger partial charge in [0.05, 0.1) is 11.4 Å². The first-order valence-electron chi connectivity index (χ1n) is 9.26. The number of carbonyl (C=O) groups excluding carboxylic acids is 1. The second kappa shape index (κ2) is 5.44. The maximum absolute atomic E-state index is 14.0. The number of hydrogen-bond donors (Lipinski definition) is 0. The lowest BCUT2D eigenvalue weighted by molar-refractivity contribution is -0.160. The molecule has 6 heteroatoms. The van der Waals surface area contributed by atoms with Gasteiger partial charge in [-0.2, -0.15) is 8.78 Å². The van der Waals surface area contributed by atoms with E-state index in [0.717, 1.165) is 30.0 Å². The van der Waals surface area contributed by atoms with Crippen LogP contribution >= 0.6 is 0 Å². The lowest BCUT2D eigenvalue weighted by atomic mass is 9.81. The molecular formula is C21H20F2N2O2. The van der Waals surface area contributed by atoms with E-state index < -0.39 is 17.4 Å². The molecule has 1 aromatic heterocycles. The number of carbonyl (C=O) groups is 1. The molecule has 1 aromatic carbocycles. The lowest BCUT2D eigenvalue weighted by Crippen LogP contribution is -2.58. The van der Waals surface area contributed by atoms with Gasteiger partial charge in [-0.25, -0.2) is 0 Å². The Balaban J connectivity index is 1.53. The highest BCUT2D eigenvalue weighted by Gasteiger charge is 2.57. The van der Waals surface area contributed by atoms with E-state index in [1.54, 1.807) is 0 Å². The fraction of sp³-hybridized carbons (Fsp3) is 0.381. The molecule has 140 valence electrons. The summed E-state index contributed by atoms with van der Waals surface area (Å²) >= 11 is 0. The maximum atomic E-state index is 14.0. The summed E-state index contributed by atoms with van der Waals surface area (Å²) in [6, 6.07) is 11.3. The number of fused-ring (bicyclic) bond motifs is 6. The third-order valence-electron chi connectivity index (χ3n) is 6.17. The lowest BCUT2D eigenvalue weighted by Gasteiger charge is -2.49. The van der Waals surface area contributed by atoms with Crippen LogP contribution in [-0.4, -0.2) is 33.4 Å². The Bertz CT molecular complexity index is 922. The summed E-state index contributed by atoms with van der Waals surface area (Å²) in [5.74, 6) is -3.87. The van der Waals surface area contributed by atoms with Gasteiger partial charge in [0.1, 0.15) is 5.75 Å². The molecule has 2 saturated heterocycles. The van der Waals surface area contributed by atoms with Crippen LogP contribution in [0.3, 0.4) is 0 Å². The van der Waals surface area contributed by atoms with Gasteiger partial charge in [-0.15, -0.1) is 0 Å². The summed E-state index contributed by atoms with van der Waals surface area (Å²) in [5.41, 5.74) is 1.41. The molecule has 0 aliphatic carbocycles. The average molecular weight is 370 g/mol. The van der Waals surface area contributed by atoms with Crippen molar-refractivity contribution in [2.45, 2.75) is 49.3 Å². The van der Waals surface area contributed by atoms with Crippen molar-refractivity contribution in [3.05, 3.63) is 60.9 Å². The number of piperidine rings is 1. The molecule has 3 aliphatic heterocycles. The fourth-order valence-electron chi connectivity index (χ4n) is 5.06. The summed E-state index contributed by atoms with van der Waals surface area (Å²) in [4.78, 5) is 13.8. The zero-order chi connectivity index (χ0) is 18.8. The van der Waals surface area contributed by atoms with Crippen LogP contribution < -0.4 is 4.74 Å². The van der Waals surface area contributed by atoms with Crippen LogP contribution in [0, 0.1) is 0 Å². The summed E-state index contributed by atoms with van der Waals surface area (Å²) in [7, 11) is 0. The molecule has 5 rings (SSSR count). The minimum atomic E-state index is -3.52. The topological polar surface area (TPSA) is 34.5 Å². The Morgan fingerprint density at radius 1 is 1.19 bits per heavy atom. The molecule has 2 fully saturated rings. The second-order valence-corrected chi connectivity index (χ2v) is 7.66. The largest absolute Gasteiger partial charge is 0.479 e. The molecule has 27 heavy (non-hydrogen) atoms. The first kappa shape index (κ1) is 16.5. The van der Waals surface area contributed by atoms with Crippen molar-refractivity contribution in [1.29, 1.82) is 0 Å². The van der Waals surface area contributed by atoms with Crippen LogP contribution in [0.4, 0.5) is 8.78 Å². The van der Waals surface area contributed by atoms with Gasteiger partial charge in [0.15, 0.2) is 5.60 Å². The summed E-state index contributed by atoms with van der Waals surface area (Å²) < 4.78 is 36.6. The standard InChI is InChI=1S/C21H20F2N2O2/c1-2-21(22,23)19(26)25-14-9-10-15(25)13-20(12-14)18-8-5-11-24(18)16-6-3-4-7-17(16)27-20/h2-8,11,14-15H,1,9-10,12-13H2. The SMILES string of the molecule is C=CC(F)(F)C(=O)N1C2CCC1CC1(C2)Oc2ccccc2-n2cccc21. The number of alkyl halides is 2. The smallest absolute Gasteiger partial charge is 0.342 e. The highest BCUT2D eigenvalue weighted by Crippen LogP contribution is 2.52. The number of para-hydroxylation sites is 2. The number of aromatic nitrogens is 1. The van der Waals surface area contributed by atoms with Crippen molar-refractivity contribution in [3.63, 3.8) is 0 Å². The van der Waals surface area contributed by atoms with Gasteiger partial charge < -0.3 is 14.2 Å². The first-order valence-corrected chi connectivity index (χ1v) is 9.26. The number of amides is 1. The van der Waals surface area contributed by atoms with Crippen molar-refractivity contribution in [3.8, 4) is 11.4 Å². The summed E-state index contributed by atoms with van der Waals surface area (Å²) in [6.45, 7) is 3.12. The van der Waals surface area contributed by atoms with Gasteiger partial charge in [0.2, 0.25) is 0 Å².